The fraction of sp³-hybridized carbons (Fsp3) is 0. The van der Waals surface area contributed by atoms with E-state index in [1.807, 2.05) is 0 Å². The van der Waals surface area contributed by atoms with Crippen molar-refractivity contribution in [3.05, 3.63) is 18.2 Å². The van der Waals surface area contributed by atoms with Gasteiger partial charge in [0.2, 0.25) is 0 Å². The van der Waals surface area contributed by atoms with Crippen molar-refractivity contribution in [2.75, 3.05) is 0 Å². The Hall–Kier alpha value is 0.572. The molecule has 5 heteroatoms. The number of hydrogen-bond donors (Lipinski definition) is 1. The van der Waals surface area contributed by atoms with Gasteiger partial charge in [0.1, 0.15) is 0 Å². The third kappa shape index (κ3) is 2.76. The second-order valence-corrected chi connectivity index (χ2v) is 2.33. The molecule has 0 aliphatic rings. The number of H-pyrrole nitrogens is 1. The Morgan fingerprint density at radius 2 is 2.44 bits per heavy atom. The predicted octanol–water partition coefficient (Wildman–Crippen LogP) is 0.632. The second-order valence-electron chi connectivity index (χ2n) is 1.25. The minimum absolute atomic E-state index is 0. The molecule has 0 saturated carbocycles. The molecule has 1 aromatic heterocycles. The van der Waals surface area contributed by atoms with Crippen LogP contribution >= 0.6 is 12.2 Å². The predicted molar refractivity (Wildman–Crippen MR) is 37.7 cm³/mol. The molecule has 1 aromatic rings. The summed E-state index contributed by atoms with van der Waals surface area (Å²) in [6.07, 6.45) is 3.16. The van der Waals surface area contributed by atoms with Crippen molar-refractivity contribution in [3.8, 4) is 0 Å². The molecular weight excluding hydrogens is 378 g/mol. The van der Waals surface area contributed by atoms with Crippen LogP contribution in [0.4, 0.5) is 0 Å². The van der Waals surface area contributed by atoms with Crippen molar-refractivity contribution in [2.24, 2.45) is 0 Å². The summed E-state index contributed by atoms with van der Waals surface area (Å²) in [5.74, 6) is 0. The monoisotopic (exact) mass is 381 g/mol. The molecule has 9 heavy (non-hydrogen) atoms. The Morgan fingerprint density at radius 1 is 1.78 bits per heavy atom. The molecule has 1 heterocycles. The normalized spacial score (nSPS) is 8.00. The Labute approximate surface area is 87.6 Å². The third-order valence-electron chi connectivity index (χ3n) is 0.718. The molecule has 46 valence electrons. The van der Waals surface area contributed by atoms with Crippen LogP contribution < -0.4 is 0 Å². The maximum atomic E-state index is 4.66. The summed E-state index contributed by atoms with van der Waals surface area (Å²) in [6, 6.07) is 0. The molecule has 2 nitrogen and oxygen atoms in total. The zero-order valence-electron chi connectivity index (χ0n) is 4.42. The average Bonchev–Trinajstić information content (AvgIpc) is 2.12. The molecule has 0 saturated heterocycles. The van der Waals surface area contributed by atoms with Crippen LogP contribution in [-0.4, -0.2) is 14.2 Å². The average molecular weight is 381 g/mol. The van der Waals surface area contributed by atoms with E-state index >= 15 is 0 Å². The van der Waals surface area contributed by atoms with Crippen molar-refractivity contribution < 1.29 is 31.1 Å². The maximum absolute atomic E-state index is 4.66. The largest absolute Gasteiger partial charge is 0.427 e. The van der Waals surface area contributed by atoms with Gasteiger partial charge in [0, 0.05) is 36.8 Å². The minimum atomic E-state index is 0. The quantitative estimate of drug-likeness (QED) is 0.572. The van der Waals surface area contributed by atoms with Crippen LogP contribution in [0.2, 0.25) is 0 Å². The van der Waals surface area contributed by atoms with Gasteiger partial charge in [0.25, 0.3) is 0 Å². The van der Waals surface area contributed by atoms with Crippen molar-refractivity contribution in [2.45, 2.75) is 0 Å². The summed E-state index contributed by atoms with van der Waals surface area (Å²) in [5.41, 5.74) is 0.745. The van der Waals surface area contributed by atoms with E-state index in [4.69, 9.17) is 0 Å². The molecule has 1 N–H and O–H groups in total. The van der Waals surface area contributed by atoms with Gasteiger partial charge in [-0.15, -0.1) is 4.20 Å². The van der Waals surface area contributed by atoms with E-state index in [1.165, 1.54) is 0 Å². The van der Waals surface area contributed by atoms with E-state index in [9.17, 15) is 0 Å². The van der Waals surface area contributed by atoms with E-state index in [2.05, 4.69) is 34.8 Å². The van der Waals surface area contributed by atoms with Crippen LogP contribution in [0.1, 0.15) is 5.69 Å². The molecule has 0 bridgehead atoms. The second kappa shape index (κ2) is 4.40. The Morgan fingerprint density at radius 3 is 2.67 bits per heavy atom. The van der Waals surface area contributed by atoms with E-state index in [0.717, 1.165) is 5.69 Å². The fourth-order valence-electron chi connectivity index (χ4n) is 0.368. The summed E-state index contributed by atoms with van der Waals surface area (Å²) >= 11 is 9.32. The first kappa shape index (κ1) is 9.57. The number of rotatable bonds is 1. The maximum Gasteiger partial charge on any atom is 0.0924 e. The van der Waals surface area contributed by atoms with Crippen molar-refractivity contribution in [1.29, 1.82) is 0 Å². The van der Waals surface area contributed by atoms with Gasteiger partial charge in [-0.05, 0) is 0 Å². The summed E-state index contributed by atoms with van der Waals surface area (Å²) in [5, 5.41) is 0. The van der Waals surface area contributed by atoms with Gasteiger partial charge in [0.05, 0.1) is 12.5 Å². The third-order valence-corrected chi connectivity index (χ3v) is 1.16. The molecule has 0 aliphatic carbocycles. The first-order chi connectivity index (χ1) is 3.80. The minimum Gasteiger partial charge on any atom is -0.427 e. The summed E-state index contributed by atoms with van der Waals surface area (Å²) in [7, 11) is 0. The van der Waals surface area contributed by atoms with Crippen LogP contribution in [-0.2, 0) is 12.6 Å². The van der Waals surface area contributed by atoms with Crippen LogP contribution in [0.15, 0.2) is 12.5 Å². The number of hydrogen-bond acceptors (Lipinski definition) is 3. The van der Waals surface area contributed by atoms with Crippen LogP contribution in [0.25, 0.3) is 0 Å². The molecule has 1 rings (SSSR count). The van der Waals surface area contributed by atoms with Crippen molar-refractivity contribution >= 4 is 29.0 Å². The zero-order chi connectivity index (χ0) is 5.98. The molecule has 0 aliphatic heterocycles. The topological polar surface area (TPSA) is 28.7 Å². The van der Waals surface area contributed by atoms with Crippen LogP contribution in [0.5, 0.6) is 0 Å². The zero-order valence-corrected chi connectivity index (χ0v) is 10.2. The van der Waals surface area contributed by atoms with Crippen molar-refractivity contribution in [3.63, 3.8) is 0 Å². The van der Waals surface area contributed by atoms with Gasteiger partial charge >= 0.3 is 0 Å². The molecule has 0 amide bonds. The van der Waals surface area contributed by atoms with E-state index < -0.39 is 0 Å². The summed E-state index contributed by atoms with van der Waals surface area (Å²) < 4.78 is 0.433. The van der Waals surface area contributed by atoms with Gasteiger partial charge < -0.3 is 29.8 Å². The molecule has 0 atom stereocenters. The van der Waals surface area contributed by atoms with E-state index in [1.54, 1.807) is 12.5 Å². The van der Waals surface area contributed by atoms with Gasteiger partial charge in [-0.1, -0.05) is 0 Å². The molecular formula is C4H3N2S2U-. The van der Waals surface area contributed by atoms with Gasteiger partial charge in [-0.2, -0.15) is 0 Å². The summed E-state index contributed by atoms with van der Waals surface area (Å²) in [6.45, 7) is 0. The Kier molecular flexibility index (Phi) is 4.68. The SMILES string of the molecule is S=C([S-])c1cnc[nH]1.[U]. The van der Waals surface area contributed by atoms with Gasteiger partial charge in [-0.25, -0.2) is 4.98 Å². The fourth-order valence-corrected chi connectivity index (χ4v) is 0.591. The summed E-state index contributed by atoms with van der Waals surface area (Å²) in [4.78, 5) is 6.51. The number of aromatic nitrogens is 2. The smallest absolute Gasteiger partial charge is 0.0924 e. The van der Waals surface area contributed by atoms with Gasteiger partial charge in [0.15, 0.2) is 0 Å². The first-order valence-corrected chi connectivity index (χ1v) is 2.82. The number of thiocarbonyl (C=S) groups is 1. The number of nitrogens with one attached hydrogen (secondary N) is 1. The number of nitrogens with zero attached hydrogens (tertiary/aromatic N) is 1. The number of aromatic amines is 1. The molecule has 0 spiro atoms. The Balaban J connectivity index is 0.000000640. The molecule has 0 fully saturated rings. The van der Waals surface area contributed by atoms with E-state index in [0.29, 0.717) is 4.20 Å². The molecule has 0 radical (unpaired) electrons. The van der Waals surface area contributed by atoms with Crippen molar-refractivity contribution in [1.82, 2.24) is 9.97 Å². The molecule has 0 unspecified atom stereocenters. The number of imidazole rings is 1. The van der Waals surface area contributed by atoms with Crippen LogP contribution in [0.3, 0.4) is 0 Å². The van der Waals surface area contributed by atoms with Gasteiger partial charge in [-0.3, -0.25) is 0 Å². The van der Waals surface area contributed by atoms with Crippen LogP contribution in [0, 0.1) is 31.1 Å². The Bertz CT molecular complexity index is 184. The molecule has 0 aromatic carbocycles. The first-order valence-electron chi connectivity index (χ1n) is 2.00. The standard InChI is InChI=1S/C4H4N2S2.U/c7-4(8)3-1-5-2-6-3;/h1-2H,(H,5,6)(H,7,8);/p-1. The van der Waals surface area contributed by atoms with E-state index in [-0.39, 0.29) is 31.1 Å².